The molecule has 0 saturated heterocycles. The lowest BCUT2D eigenvalue weighted by Gasteiger charge is -2.11. The summed E-state index contributed by atoms with van der Waals surface area (Å²) in [6.07, 6.45) is 2.67. The Morgan fingerprint density at radius 2 is 1.61 bits per heavy atom. The van der Waals surface area contributed by atoms with E-state index in [9.17, 15) is 4.79 Å². The summed E-state index contributed by atoms with van der Waals surface area (Å²) < 4.78 is 0. The molecule has 0 fully saturated rings. The van der Waals surface area contributed by atoms with Gasteiger partial charge in [-0.1, -0.05) is 36.4 Å². The van der Waals surface area contributed by atoms with Gasteiger partial charge in [0.25, 0.3) is 5.91 Å². The second-order valence-corrected chi connectivity index (χ2v) is 7.65. The number of benzene rings is 3. The minimum Gasteiger partial charge on any atom is -0.385 e. The van der Waals surface area contributed by atoms with Crippen LogP contribution in [0.4, 0.5) is 5.69 Å². The van der Waals surface area contributed by atoms with Crippen LogP contribution in [-0.4, -0.2) is 24.8 Å². The molecule has 0 unspecified atom stereocenters. The molecule has 1 amide bonds. The maximum Gasteiger partial charge on any atom is 0.251 e. The van der Waals surface area contributed by atoms with Gasteiger partial charge in [0, 0.05) is 29.9 Å². The third kappa shape index (κ3) is 6.71. The molecule has 0 saturated carbocycles. The Bertz CT molecular complexity index is 1010. The second-order valence-electron chi connectivity index (χ2n) is 7.65. The lowest BCUT2D eigenvalue weighted by molar-refractivity contribution is 0.0954. The molecule has 3 aromatic rings. The third-order valence-corrected chi connectivity index (χ3v) is 5.30. The van der Waals surface area contributed by atoms with Gasteiger partial charge in [0.1, 0.15) is 5.84 Å². The van der Waals surface area contributed by atoms with Crippen LogP contribution >= 0.6 is 0 Å². The molecule has 3 aromatic carbocycles. The van der Waals surface area contributed by atoms with E-state index in [1.54, 1.807) is 0 Å². The number of aryl methyl sites for hydroxylation is 2. The van der Waals surface area contributed by atoms with Crippen LogP contribution in [0.5, 0.6) is 0 Å². The van der Waals surface area contributed by atoms with Crippen LogP contribution in [0.25, 0.3) is 0 Å². The first-order chi connectivity index (χ1) is 15.0. The predicted octanol–water partition coefficient (Wildman–Crippen LogP) is 4.30. The summed E-state index contributed by atoms with van der Waals surface area (Å²) in [5.74, 6) is 0.0480. The van der Waals surface area contributed by atoms with Gasteiger partial charge >= 0.3 is 0 Å². The Morgan fingerprint density at radius 3 is 2.32 bits per heavy atom. The first-order valence-corrected chi connectivity index (χ1v) is 10.6. The first kappa shape index (κ1) is 22.1. The first-order valence-electron chi connectivity index (χ1n) is 10.6. The van der Waals surface area contributed by atoms with Crippen LogP contribution in [0.3, 0.4) is 0 Å². The molecule has 0 aliphatic carbocycles. The number of amidine groups is 1. The van der Waals surface area contributed by atoms with E-state index < -0.39 is 0 Å². The van der Waals surface area contributed by atoms with Crippen molar-refractivity contribution in [2.45, 2.75) is 26.2 Å². The minimum absolute atomic E-state index is 0.0270. The van der Waals surface area contributed by atoms with Crippen molar-refractivity contribution in [1.82, 2.24) is 5.32 Å². The van der Waals surface area contributed by atoms with Gasteiger partial charge < -0.3 is 16.4 Å². The second kappa shape index (κ2) is 11.0. The van der Waals surface area contributed by atoms with Gasteiger partial charge in [-0.15, -0.1) is 0 Å². The summed E-state index contributed by atoms with van der Waals surface area (Å²) in [5, 5.41) is 13.9. The zero-order valence-electron chi connectivity index (χ0n) is 17.9. The van der Waals surface area contributed by atoms with E-state index >= 15 is 0 Å². The van der Waals surface area contributed by atoms with Gasteiger partial charge in [0.05, 0.1) is 0 Å². The van der Waals surface area contributed by atoms with Gasteiger partial charge in [0.15, 0.2) is 0 Å². The summed E-state index contributed by atoms with van der Waals surface area (Å²) in [5.41, 5.74) is 11.5. The number of hydrogen-bond acceptors (Lipinski definition) is 3. The molecule has 3 rings (SSSR count). The van der Waals surface area contributed by atoms with E-state index in [0.29, 0.717) is 12.1 Å². The molecule has 0 aliphatic heterocycles. The van der Waals surface area contributed by atoms with Crippen molar-refractivity contribution < 1.29 is 4.79 Å². The van der Waals surface area contributed by atoms with E-state index in [1.807, 2.05) is 60.7 Å². The van der Waals surface area contributed by atoms with Crippen molar-refractivity contribution in [3.63, 3.8) is 0 Å². The fourth-order valence-electron chi connectivity index (χ4n) is 3.43. The number of nitrogen functional groups attached to an aromatic ring is 1. The van der Waals surface area contributed by atoms with Crippen molar-refractivity contribution in [2.24, 2.45) is 5.73 Å². The molecule has 0 aromatic heterocycles. The zero-order valence-corrected chi connectivity index (χ0v) is 17.9. The van der Waals surface area contributed by atoms with Gasteiger partial charge in [0.2, 0.25) is 0 Å². The van der Waals surface area contributed by atoms with Crippen LogP contribution in [0, 0.1) is 12.3 Å². The van der Waals surface area contributed by atoms with Crippen LogP contribution in [0.15, 0.2) is 72.8 Å². The Balaban J connectivity index is 1.47. The SMILES string of the molecule is Cc1ccc(C(=O)NCCc2ccccc2)cc1CCCNc1ccc(C(=N)N)cc1. The number of amides is 1. The molecule has 0 bridgehead atoms. The molecule has 5 heteroatoms. The van der Waals surface area contributed by atoms with E-state index in [4.69, 9.17) is 11.1 Å². The highest BCUT2D eigenvalue weighted by Gasteiger charge is 2.08. The maximum atomic E-state index is 12.5. The average molecular weight is 415 g/mol. The highest BCUT2D eigenvalue weighted by Crippen LogP contribution is 2.15. The van der Waals surface area contributed by atoms with Crippen LogP contribution in [-0.2, 0) is 12.8 Å². The number of nitrogens with two attached hydrogens (primary N) is 1. The monoisotopic (exact) mass is 414 g/mol. The van der Waals surface area contributed by atoms with Crippen molar-refractivity contribution in [2.75, 3.05) is 18.4 Å². The van der Waals surface area contributed by atoms with Gasteiger partial charge in [-0.2, -0.15) is 0 Å². The third-order valence-electron chi connectivity index (χ3n) is 5.30. The van der Waals surface area contributed by atoms with Crippen LogP contribution < -0.4 is 16.4 Å². The quantitative estimate of drug-likeness (QED) is 0.226. The Labute approximate surface area is 184 Å². The predicted molar refractivity (Wildman–Crippen MR) is 128 cm³/mol. The molecule has 31 heavy (non-hydrogen) atoms. The Kier molecular flexibility index (Phi) is 7.82. The number of hydrogen-bond donors (Lipinski definition) is 4. The standard InChI is InChI=1S/C26H30N4O/c1-19-9-10-23(26(31)30-17-15-20-6-3-2-4-7-20)18-22(19)8-5-16-29-24-13-11-21(12-14-24)25(27)28/h2-4,6-7,9-14,18,29H,5,8,15-17H2,1H3,(H3,27,28)(H,30,31). The summed E-state index contributed by atoms with van der Waals surface area (Å²) >= 11 is 0. The van der Waals surface area contributed by atoms with Gasteiger partial charge in [-0.25, -0.2) is 0 Å². The van der Waals surface area contributed by atoms with E-state index in [0.717, 1.165) is 37.1 Å². The van der Waals surface area contributed by atoms with Crippen molar-refractivity contribution in [3.8, 4) is 0 Å². The summed E-state index contributed by atoms with van der Waals surface area (Å²) in [4.78, 5) is 12.5. The number of nitrogens with one attached hydrogen (secondary N) is 3. The topological polar surface area (TPSA) is 91.0 Å². The lowest BCUT2D eigenvalue weighted by Crippen LogP contribution is -2.25. The summed E-state index contributed by atoms with van der Waals surface area (Å²) in [6.45, 7) is 3.53. The Hall–Kier alpha value is -3.60. The molecule has 5 nitrogen and oxygen atoms in total. The summed E-state index contributed by atoms with van der Waals surface area (Å²) in [6, 6.07) is 23.6. The zero-order chi connectivity index (χ0) is 22.1. The molecular weight excluding hydrogens is 384 g/mol. The summed E-state index contributed by atoms with van der Waals surface area (Å²) in [7, 11) is 0. The fourth-order valence-corrected chi connectivity index (χ4v) is 3.43. The smallest absolute Gasteiger partial charge is 0.251 e. The van der Waals surface area contributed by atoms with E-state index in [1.165, 1.54) is 16.7 Å². The van der Waals surface area contributed by atoms with Gasteiger partial charge in [-0.05, 0) is 79.3 Å². The molecule has 160 valence electrons. The number of rotatable bonds is 10. The highest BCUT2D eigenvalue weighted by atomic mass is 16.1. The average Bonchev–Trinajstić information content (AvgIpc) is 2.78. The fraction of sp³-hybridized carbons (Fsp3) is 0.231. The van der Waals surface area contributed by atoms with Crippen molar-refractivity contribution >= 4 is 17.4 Å². The maximum absolute atomic E-state index is 12.5. The minimum atomic E-state index is -0.0270. The molecule has 0 aliphatic rings. The number of anilines is 1. The van der Waals surface area contributed by atoms with Crippen LogP contribution in [0.2, 0.25) is 0 Å². The lowest BCUT2D eigenvalue weighted by atomic mass is 10.0. The normalized spacial score (nSPS) is 10.5. The number of carbonyl (C=O) groups is 1. The van der Waals surface area contributed by atoms with Crippen molar-refractivity contribution in [1.29, 1.82) is 5.41 Å². The molecule has 0 radical (unpaired) electrons. The van der Waals surface area contributed by atoms with Crippen LogP contribution in [0.1, 0.15) is 39.0 Å². The van der Waals surface area contributed by atoms with Gasteiger partial charge in [-0.3, -0.25) is 10.2 Å². The van der Waals surface area contributed by atoms with E-state index in [-0.39, 0.29) is 11.7 Å². The number of carbonyl (C=O) groups excluding carboxylic acids is 1. The molecule has 0 heterocycles. The molecule has 0 spiro atoms. The Morgan fingerprint density at radius 1 is 0.903 bits per heavy atom. The van der Waals surface area contributed by atoms with Crippen molar-refractivity contribution in [3.05, 3.63) is 101 Å². The largest absolute Gasteiger partial charge is 0.385 e. The molecule has 0 atom stereocenters. The highest BCUT2D eigenvalue weighted by molar-refractivity contribution is 5.95. The molecule has 5 N–H and O–H groups in total. The molecular formula is C26H30N4O. The van der Waals surface area contributed by atoms with E-state index in [2.05, 4.69) is 29.7 Å².